The molecular weight excluding hydrogens is 907 g/mol. The molecule has 1 saturated heterocycles. The van der Waals surface area contributed by atoms with Crippen molar-refractivity contribution in [1.82, 2.24) is 5.32 Å². The number of amides is 1. The number of aliphatic hydroxyl groups excluding tert-OH is 1. The van der Waals surface area contributed by atoms with Crippen molar-refractivity contribution in [2.24, 2.45) is 16.7 Å². The minimum atomic E-state index is -2.37. The Morgan fingerprint density at radius 1 is 1.03 bits per heavy atom. The molecule has 3 N–H and O–H groups in total. The Bertz CT molecular complexity index is 2150. The van der Waals surface area contributed by atoms with Crippen LogP contribution in [0.2, 0.25) is 0 Å². The first-order valence-electron chi connectivity index (χ1n) is 22.5. The van der Waals surface area contributed by atoms with E-state index in [1.165, 1.54) is 25.1 Å². The molecule has 1 aromatic carbocycles. The van der Waals surface area contributed by atoms with E-state index < -0.39 is 118 Å². The summed E-state index contributed by atoms with van der Waals surface area (Å²) < 4.78 is 43.3. The summed E-state index contributed by atoms with van der Waals surface area (Å²) in [5, 5.41) is 28.1. The molecule has 2 saturated carbocycles. The van der Waals surface area contributed by atoms with Crippen molar-refractivity contribution in [1.29, 1.82) is 0 Å². The smallest absolute Gasteiger partial charge is 0.408 e. The number of benzene rings is 1. The third-order valence-corrected chi connectivity index (χ3v) is 15.1. The summed E-state index contributed by atoms with van der Waals surface area (Å²) in [4.78, 5) is 84.9. The van der Waals surface area contributed by atoms with E-state index in [0.717, 1.165) is 0 Å². The number of allylic oxidation sites excluding steroid dienone is 2. The third kappa shape index (κ3) is 10.8. The Balaban J connectivity index is 1.79. The average Bonchev–Trinajstić information content (AvgIpc) is 3.23. The Morgan fingerprint density at radius 3 is 2.24 bits per heavy atom. The number of aliphatic hydroxyl groups is 2. The van der Waals surface area contributed by atoms with Crippen LogP contribution in [0.3, 0.4) is 0 Å². The number of nitrogens with one attached hydrogen (secondary N) is 1. The fourth-order valence-electron chi connectivity index (χ4n) is 10.1. The van der Waals surface area contributed by atoms with Crippen molar-refractivity contribution in [3.8, 4) is 0 Å². The quantitative estimate of drug-likeness (QED) is 0.0389. The van der Waals surface area contributed by atoms with Crippen LogP contribution in [-0.4, -0.2) is 124 Å². The number of ether oxygens (including phenoxy) is 7. The second-order valence-corrected chi connectivity index (χ2v) is 22.3. The summed E-state index contributed by atoms with van der Waals surface area (Å²) >= 11 is 0. The number of Topliss-reactive ketones (excluding diaryl/α,β-unsaturated/α-hetero) is 1. The first-order chi connectivity index (χ1) is 31.2. The van der Waals surface area contributed by atoms with Gasteiger partial charge in [0.25, 0.3) is 0 Å². The standard InChI is InChI=1S/C49H67NO15S2/c1-14-35(52)62-38-36-28(5)32(61-43(56)37(53)31(22-26(2)3)50-44(57)65-45(7,8)9)24-49(58,46(36,10)11)41(63-42(55)30-18-16-15-17-19-30)39-47(12,40(38)54)33(60-27(4)20-21-67-66-13)23-34-48(39,25-59-34)64-29(6)51/h15-19,22,31-34,37-39,41,53,58H,4,14,20-21,23-25H2,1-3,5-13H3,(H,50,57)/t31-,32-,33-,34+,37+,38+,39-,41-,47+,48-,49+/m0/s1. The molecule has 1 heterocycles. The number of carbonyl (C=O) groups is 6. The highest BCUT2D eigenvalue weighted by Crippen LogP contribution is 2.65. The fourth-order valence-corrected chi connectivity index (χ4v) is 11.3. The van der Waals surface area contributed by atoms with Crippen molar-refractivity contribution < 1.29 is 72.1 Å². The van der Waals surface area contributed by atoms with Gasteiger partial charge in [-0.3, -0.25) is 14.4 Å². The molecule has 11 atom stereocenters. The molecule has 16 nitrogen and oxygen atoms in total. The molecule has 1 aromatic rings. The van der Waals surface area contributed by atoms with E-state index in [0.29, 0.717) is 23.5 Å². The van der Waals surface area contributed by atoms with E-state index in [1.807, 2.05) is 6.26 Å². The lowest BCUT2D eigenvalue weighted by molar-refractivity contribution is -0.346. The van der Waals surface area contributed by atoms with Crippen molar-refractivity contribution >= 4 is 57.3 Å². The van der Waals surface area contributed by atoms with Gasteiger partial charge in [0.1, 0.15) is 35.6 Å². The molecule has 3 aliphatic carbocycles. The molecular formula is C49H67NO15S2. The normalized spacial score (nSPS) is 30.5. The number of ketones is 1. The molecule has 3 fully saturated rings. The highest BCUT2D eigenvalue weighted by molar-refractivity contribution is 8.76. The number of carbonyl (C=O) groups excluding carboxylic acids is 6. The first kappa shape index (κ1) is 53.6. The number of alkyl carbamates (subject to hydrolysis) is 1. The van der Waals surface area contributed by atoms with E-state index in [4.69, 9.17) is 33.2 Å². The second kappa shape index (κ2) is 20.7. The van der Waals surface area contributed by atoms with Crippen LogP contribution < -0.4 is 5.32 Å². The number of rotatable bonds is 16. The van der Waals surface area contributed by atoms with Crippen molar-refractivity contribution in [2.45, 2.75) is 161 Å². The molecule has 1 aliphatic heterocycles. The molecule has 0 spiro atoms. The van der Waals surface area contributed by atoms with Crippen LogP contribution in [0.5, 0.6) is 0 Å². The average molecular weight is 974 g/mol. The van der Waals surface area contributed by atoms with E-state index in [9.17, 15) is 34.2 Å². The summed E-state index contributed by atoms with van der Waals surface area (Å²) in [6, 6.07) is 6.64. The van der Waals surface area contributed by atoms with Gasteiger partial charge in [-0.05, 0) is 78.0 Å². The van der Waals surface area contributed by atoms with Gasteiger partial charge in [-0.15, -0.1) is 0 Å². The molecule has 67 heavy (non-hydrogen) atoms. The lowest BCUT2D eigenvalue weighted by atomic mass is 9.44. The van der Waals surface area contributed by atoms with Gasteiger partial charge in [0, 0.05) is 43.8 Å². The maximum absolute atomic E-state index is 16.2. The van der Waals surface area contributed by atoms with Crippen LogP contribution in [0.1, 0.15) is 112 Å². The number of fused-ring (bicyclic) bond motifs is 5. The largest absolute Gasteiger partial charge is 0.494 e. The van der Waals surface area contributed by atoms with Gasteiger partial charge in [0.05, 0.1) is 35.3 Å². The van der Waals surface area contributed by atoms with Gasteiger partial charge in [-0.1, -0.05) is 78.8 Å². The summed E-state index contributed by atoms with van der Waals surface area (Å²) in [7, 11) is 3.14. The van der Waals surface area contributed by atoms with E-state index in [1.54, 1.807) is 109 Å². The molecule has 18 heteroatoms. The second-order valence-electron chi connectivity index (χ2n) is 19.6. The highest BCUT2D eigenvalue weighted by Gasteiger charge is 2.79. The maximum atomic E-state index is 16.2. The summed E-state index contributed by atoms with van der Waals surface area (Å²) in [6.07, 6.45) is -6.99. The summed E-state index contributed by atoms with van der Waals surface area (Å²) in [5.74, 6) is -4.91. The van der Waals surface area contributed by atoms with Crippen LogP contribution in [0, 0.1) is 16.7 Å². The van der Waals surface area contributed by atoms with Gasteiger partial charge in [-0.2, -0.15) is 0 Å². The van der Waals surface area contributed by atoms with Crippen LogP contribution >= 0.6 is 21.6 Å². The molecule has 4 aliphatic rings. The van der Waals surface area contributed by atoms with E-state index in [2.05, 4.69) is 11.9 Å². The van der Waals surface area contributed by atoms with Gasteiger partial charge < -0.3 is 48.7 Å². The fraction of sp³-hybridized carbons (Fsp3) is 0.633. The zero-order valence-corrected chi connectivity index (χ0v) is 42.2. The van der Waals surface area contributed by atoms with Crippen molar-refractivity contribution in [3.63, 3.8) is 0 Å². The molecule has 5 rings (SSSR count). The SMILES string of the molecule is C=C(CCSSC)O[C@H]1C[C@H]2OC[C@@]2(OC(C)=O)[C@H]2[C@H](OC(=O)c3ccccc3)[C@]3(O)C[C@H](OC(=O)[C@H](O)[C@H](C=C(C)C)NC(=O)OC(C)(C)C)C(C)=C([C@@H](OC(=O)CC)C(=O)[C@]12C)C3(C)C. The highest BCUT2D eigenvalue weighted by atomic mass is 33.1. The van der Waals surface area contributed by atoms with Gasteiger partial charge >= 0.3 is 30.0 Å². The van der Waals surface area contributed by atoms with Crippen molar-refractivity contribution in [3.05, 3.63) is 71.0 Å². The topological polar surface area (TPSA) is 220 Å². The van der Waals surface area contributed by atoms with E-state index in [-0.39, 0.29) is 36.2 Å². The number of esters is 4. The minimum Gasteiger partial charge on any atom is -0.494 e. The Morgan fingerprint density at radius 2 is 1.69 bits per heavy atom. The van der Waals surface area contributed by atoms with Gasteiger partial charge in [0.2, 0.25) is 0 Å². The molecule has 0 radical (unpaired) electrons. The number of hydrogen-bond acceptors (Lipinski definition) is 17. The van der Waals surface area contributed by atoms with Crippen LogP contribution in [-0.2, 0) is 52.3 Å². The molecule has 2 bridgehead atoms. The molecule has 370 valence electrons. The molecule has 0 aromatic heterocycles. The lowest BCUT2D eigenvalue weighted by Gasteiger charge is -2.67. The van der Waals surface area contributed by atoms with E-state index >= 15 is 4.79 Å². The molecule has 0 unspecified atom stereocenters. The number of hydrogen-bond donors (Lipinski definition) is 3. The van der Waals surface area contributed by atoms with Crippen LogP contribution in [0.15, 0.2) is 65.5 Å². The third-order valence-electron chi connectivity index (χ3n) is 13.3. The zero-order chi connectivity index (χ0) is 50.0. The lowest BCUT2D eigenvalue weighted by Crippen LogP contribution is -2.82. The zero-order valence-electron chi connectivity index (χ0n) is 40.6. The Kier molecular flexibility index (Phi) is 16.6. The molecule has 1 amide bonds. The summed E-state index contributed by atoms with van der Waals surface area (Å²) in [5.41, 5.74) is -7.62. The van der Waals surface area contributed by atoms with Crippen LogP contribution in [0.25, 0.3) is 0 Å². The van der Waals surface area contributed by atoms with Crippen molar-refractivity contribution in [2.75, 3.05) is 18.6 Å². The Labute approximate surface area is 401 Å². The first-order valence-corrected chi connectivity index (χ1v) is 25.2. The van der Waals surface area contributed by atoms with Gasteiger partial charge in [0.15, 0.2) is 23.6 Å². The maximum Gasteiger partial charge on any atom is 0.408 e. The predicted octanol–water partition coefficient (Wildman–Crippen LogP) is 6.75. The predicted molar refractivity (Wildman–Crippen MR) is 250 cm³/mol. The van der Waals surface area contributed by atoms with Gasteiger partial charge in [-0.25, -0.2) is 14.4 Å². The Hall–Kier alpha value is -4.36. The summed E-state index contributed by atoms with van der Waals surface area (Å²) in [6.45, 7) is 21.4. The van der Waals surface area contributed by atoms with Crippen LogP contribution in [0.4, 0.5) is 4.79 Å². The minimum absolute atomic E-state index is 0.0172. The monoisotopic (exact) mass is 973 g/mol.